The number of ether oxygens (including phenoxy) is 10. The number of esters is 2. The van der Waals surface area contributed by atoms with Gasteiger partial charge >= 0.3 is 23.5 Å². The largest absolute Gasteiger partial charge is 0.504 e. The van der Waals surface area contributed by atoms with Crippen LogP contribution in [0.4, 0.5) is 0 Å². The number of benzene rings is 8. The first kappa shape index (κ1) is 45.2. The van der Waals surface area contributed by atoms with E-state index in [1.807, 2.05) is 158 Å². The van der Waals surface area contributed by atoms with E-state index in [4.69, 9.17) is 47.4 Å². The molecule has 0 amide bonds. The summed E-state index contributed by atoms with van der Waals surface area (Å²) in [6.07, 6.45) is -7.25. The molecule has 13 rings (SSSR count). The maximum Gasteiger partial charge on any atom is 0.339 e. The van der Waals surface area contributed by atoms with Gasteiger partial charge in [0.25, 0.3) is 0 Å². The van der Waals surface area contributed by atoms with Crippen LogP contribution in [0.25, 0.3) is 11.1 Å². The number of carbonyl (C=O) groups is 2. The molecule has 14 heteroatoms. The lowest BCUT2D eigenvalue weighted by Crippen LogP contribution is -2.64. The summed E-state index contributed by atoms with van der Waals surface area (Å²) in [7, 11) is 0. The number of phenols is 2. The van der Waals surface area contributed by atoms with Crippen molar-refractivity contribution in [2.75, 3.05) is 6.61 Å². The smallest absolute Gasteiger partial charge is 0.339 e. The Morgan fingerprint density at radius 1 is 0.500 bits per heavy atom. The zero-order chi connectivity index (χ0) is 50.0. The van der Waals surface area contributed by atoms with Gasteiger partial charge < -0.3 is 57.6 Å². The van der Waals surface area contributed by atoms with E-state index in [0.717, 1.165) is 11.6 Å². The molecule has 5 heterocycles. The third-order valence-corrected chi connectivity index (χ3v) is 13.8. The molecule has 0 spiro atoms. The zero-order valence-electron chi connectivity index (χ0n) is 39.1. The molecule has 5 aliphatic rings. The molecular formula is C60H44O14. The second-order valence-electron chi connectivity index (χ2n) is 18.3. The third-order valence-electron chi connectivity index (χ3n) is 13.8. The van der Waals surface area contributed by atoms with Gasteiger partial charge in [0.1, 0.15) is 12.2 Å². The van der Waals surface area contributed by atoms with Gasteiger partial charge in [-0.3, -0.25) is 0 Å². The van der Waals surface area contributed by atoms with Gasteiger partial charge in [0.05, 0.1) is 24.3 Å². The van der Waals surface area contributed by atoms with Crippen molar-refractivity contribution in [1.29, 1.82) is 0 Å². The second kappa shape index (κ2) is 18.1. The van der Waals surface area contributed by atoms with E-state index >= 15 is 9.59 Å². The molecule has 5 aliphatic heterocycles. The fourth-order valence-electron chi connectivity index (χ4n) is 10.4. The molecule has 0 radical (unpaired) electrons. The molecule has 74 heavy (non-hydrogen) atoms. The Balaban J connectivity index is 1.02. The Kier molecular flexibility index (Phi) is 11.1. The van der Waals surface area contributed by atoms with Crippen molar-refractivity contribution >= 4 is 11.9 Å². The topological polar surface area (TPSA) is 167 Å². The minimum Gasteiger partial charge on any atom is -0.504 e. The summed E-state index contributed by atoms with van der Waals surface area (Å²) < 4.78 is 66.5. The molecule has 0 bridgehead atoms. The van der Waals surface area contributed by atoms with Crippen molar-refractivity contribution < 1.29 is 67.2 Å². The lowest BCUT2D eigenvalue weighted by atomic mass is 9.90. The maximum atomic E-state index is 15.7. The summed E-state index contributed by atoms with van der Waals surface area (Å²) in [4.78, 5) is 31.2. The van der Waals surface area contributed by atoms with Crippen LogP contribution in [0.1, 0.15) is 60.4 Å². The molecule has 0 unspecified atom stereocenters. The molecule has 8 aromatic rings. The molecule has 14 nitrogen and oxygen atoms in total. The van der Waals surface area contributed by atoms with Crippen molar-refractivity contribution in [3.8, 4) is 45.6 Å². The molecule has 8 aromatic carbocycles. The van der Waals surface area contributed by atoms with E-state index in [-0.39, 0.29) is 58.5 Å². The van der Waals surface area contributed by atoms with Crippen molar-refractivity contribution in [2.45, 2.75) is 55.2 Å². The zero-order valence-corrected chi connectivity index (χ0v) is 39.1. The maximum absolute atomic E-state index is 15.7. The monoisotopic (exact) mass is 988 g/mol. The molecule has 0 saturated carbocycles. The van der Waals surface area contributed by atoms with Crippen molar-refractivity contribution in [2.24, 2.45) is 0 Å². The second-order valence-corrected chi connectivity index (χ2v) is 18.3. The van der Waals surface area contributed by atoms with Gasteiger partial charge in [0.2, 0.25) is 11.5 Å². The van der Waals surface area contributed by atoms with Crippen molar-refractivity contribution in [1.82, 2.24) is 0 Å². The van der Waals surface area contributed by atoms with Crippen molar-refractivity contribution in [3.63, 3.8) is 0 Å². The molecule has 368 valence electrons. The molecular weight excluding hydrogens is 945 g/mol. The van der Waals surface area contributed by atoms with E-state index < -0.39 is 72.0 Å². The van der Waals surface area contributed by atoms with E-state index in [1.165, 1.54) is 6.07 Å². The molecule has 6 atom stereocenters. The van der Waals surface area contributed by atoms with Gasteiger partial charge in [-0.05, 0) is 17.7 Å². The summed E-state index contributed by atoms with van der Waals surface area (Å²) in [6, 6.07) is 57.5. The van der Waals surface area contributed by atoms with Crippen LogP contribution in [0.15, 0.2) is 194 Å². The Bertz CT molecular complexity index is 3320. The average Bonchev–Trinajstić information content (AvgIpc) is 4.07. The van der Waals surface area contributed by atoms with Crippen LogP contribution < -0.4 is 18.9 Å². The normalized spacial score (nSPS) is 22.7. The third kappa shape index (κ3) is 7.49. The first-order valence-corrected chi connectivity index (χ1v) is 24.1. The predicted molar refractivity (Wildman–Crippen MR) is 263 cm³/mol. The Labute approximate surface area is 423 Å². The molecule has 2 N–H and O–H groups in total. The standard InChI is InChI=1S/C60H44O14/c61-43-31-41-47(52-49(43)72-60(74-52,39-27-15-5-16-28-39)40-29-17-6-18-30-40)46-42(32-44-50(48(46)62)73-59(71-44,37-23-11-3-12-24-37)38-25-13-4-14-26-38)56(64)68-53-51-45(34-66-57(70-51)36-21-9-2-10-22-36)67-58(54(53)69-55(41)63)65-33-35-19-7-1-8-20-35/h1-32,45,51,53-54,57-58,61-62H,33-34H2/t45-,51-,53+,54-,57-,58-/m1/s1. The summed E-state index contributed by atoms with van der Waals surface area (Å²) in [5.74, 6) is -7.24. The fraction of sp³-hybridized carbons (Fsp3) is 0.167. The van der Waals surface area contributed by atoms with Crippen LogP contribution >= 0.6 is 0 Å². The van der Waals surface area contributed by atoms with Gasteiger partial charge in [-0.15, -0.1) is 0 Å². The van der Waals surface area contributed by atoms with Gasteiger partial charge in [0.15, 0.2) is 47.8 Å². The average molecular weight is 989 g/mol. The lowest BCUT2D eigenvalue weighted by molar-refractivity contribution is -0.361. The lowest BCUT2D eigenvalue weighted by Gasteiger charge is -2.48. The highest BCUT2D eigenvalue weighted by atomic mass is 16.8. The van der Waals surface area contributed by atoms with Gasteiger partial charge in [0, 0.05) is 38.9 Å². The number of aromatic hydroxyl groups is 2. The van der Waals surface area contributed by atoms with Crippen LogP contribution in [-0.2, 0) is 46.6 Å². The van der Waals surface area contributed by atoms with Crippen molar-refractivity contribution in [3.05, 3.63) is 239 Å². The van der Waals surface area contributed by atoms with E-state index in [0.29, 0.717) is 27.8 Å². The molecule has 2 saturated heterocycles. The van der Waals surface area contributed by atoms with Crippen LogP contribution in [-0.4, -0.2) is 59.5 Å². The highest BCUT2D eigenvalue weighted by Crippen LogP contribution is 2.62. The van der Waals surface area contributed by atoms with Gasteiger partial charge in [-0.2, -0.15) is 0 Å². The highest BCUT2D eigenvalue weighted by Gasteiger charge is 2.57. The highest BCUT2D eigenvalue weighted by molar-refractivity contribution is 6.09. The molecule has 0 aromatic heterocycles. The summed E-state index contributed by atoms with van der Waals surface area (Å²) in [5.41, 5.74) is 2.56. The Morgan fingerprint density at radius 2 is 0.986 bits per heavy atom. The first-order valence-electron chi connectivity index (χ1n) is 24.1. The summed E-state index contributed by atoms with van der Waals surface area (Å²) >= 11 is 0. The fourth-order valence-corrected chi connectivity index (χ4v) is 10.4. The van der Waals surface area contributed by atoms with Crippen LogP contribution in [0.2, 0.25) is 0 Å². The number of fused-ring (bicyclic) bond motifs is 9. The number of phenolic OH excluding ortho intramolecular Hbond substituents is 2. The minimum atomic E-state index is -1.78. The number of hydrogen-bond donors (Lipinski definition) is 2. The molecule has 2 fully saturated rings. The number of rotatable bonds is 8. The Hall–Kier alpha value is -8.66. The quantitative estimate of drug-likeness (QED) is 0.138. The van der Waals surface area contributed by atoms with E-state index in [2.05, 4.69) is 0 Å². The van der Waals surface area contributed by atoms with Crippen LogP contribution in [0, 0.1) is 0 Å². The summed E-state index contributed by atoms with van der Waals surface area (Å²) in [6.45, 7) is -0.0140. The first-order chi connectivity index (χ1) is 36.3. The van der Waals surface area contributed by atoms with E-state index in [9.17, 15) is 10.2 Å². The van der Waals surface area contributed by atoms with E-state index in [1.54, 1.807) is 24.3 Å². The van der Waals surface area contributed by atoms with Crippen LogP contribution in [0.3, 0.4) is 0 Å². The van der Waals surface area contributed by atoms with Gasteiger partial charge in [-0.25, -0.2) is 9.59 Å². The minimum absolute atomic E-state index is 0.00778. The molecule has 0 aliphatic carbocycles. The Morgan fingerprint density at radius 3 is 1.57 bits per heavy atom. The summed E-state index contributed by atoms with van der Waals surface area (Å²) in [5, 5.41) is 25.2. The SMILES string of the molecule is O=C1O[C@@H]2[C@@H](OC(=O)c3cc(O)c4c(c3-c3c1cc1c(c3O)OC(c3ccccc3)(c3ccccc3)O1)OC(c1ccccc1)(c1ccccc1)O4)[C@H](OCc1ccccc1)O[C@@H]1CO[C@@H](c3ccccc3)O[C@@H]21. The van der Waals surface area contributed by atoms with Gasteiger partial charge in [-0.1, -0.05) is 182 Å². The number of hydrogen-bond acceptors (Lipinski definition) is 14. The predicted octanol–water partition coefficient (Wildman–Crippen LogP) is 10.2. The van der Waals surface area contributed by atoms with Crippen LogP contribution in [0.5, 0.6) is 34.5 Å². The number of carbonyl (C=O) groups excluding carboxylic acids is 2.